The normalized spacial score (nSPS) is 19.4. The Morgan fingerprint density at radius 1 is 1.47 bits per heavy atom. The molecular formula is C11H12N2O4. The van der Waals surface area contributed by atoms with Gasteiger partial charge in [-0.2, -0.15) is 0 Å². The molecule has 1 unspecified atom stereocenters. The second kappa shape index (κ2) is 4.50. The van der Waals surface area contributed by atoms with E-state index in [1.807, 2.05) is 0 Å². The van der Waals surface area contributed by atoms with Crippen molar-refractivity contribution in [1.29, 1.82) is 0 Å². The smallest absolute Gasteiger partial charge is 0.338 e. The Bertz CT molecular complexity index is 461. The first-order valence-electron chi connectivity index (χ1n) is 5.25. The summed E-state index contributed by atoms with van der Waals surface area (Å²) in [5, 5.41) is 18.3. The Balaban J connectivity index is 2.28. The van der Waals surface area contributed by atoms with Gasteiger partial charge in [0.1, 0.15) is 5.69 Å². The fraction of sp³-hybridized carbons (Fsp3) is 0.364. The van der Waals surface area contributed by atoms with Gasteiger partial charge in [0.25, 0.3) is 5.91 Å². The van der Waals surface area contributed by atoms with E-state index in [0.29, 0.717) is 13.0 Å². The van der Waals surface area contributed by atoms with Crippen molar-refractivity contribution in [2.75, 3.05) is 13.1 Å². The van der Waals surface area contributed by atoms with Crippen LogP contribution in [0.3, 0.4) is 0 Å². The van der Waals surface area contributed by atoms with E-state index >= 15 is 0 Å². The number of carbonyl (C=O) groups excluding carboxylic acids is 1. The zero-order chi connectivity index (χ0) is 12.4. The van der Waals surface area contributed by atoms with Crippen LogP contribution in [-0.2, 0) is 0 Å². The summed E-state index contributed by atoms with van der Waals surface area (Å²) in [4.78, 5) is 28.2. The van der Waals surface area contributed by atoms with Crippen LogP contribution in [-0.4, -0.2) is 51.2 Å². The topological polar surface area (TPSA) is 90.7 Å². The minimum absolute atomic E-state index is 0.0749. The quantitative estimate of drug-likeness (QED) is 0.753. The number of rotatable bonds is 2. The number of carboxylic acids is 1. The van der Waals surface area contributed by atoms with Gasteiger partial charge in [-0.1, -0.05) is 0 Å². The highest BCUT2D eigenvalue weighted by Crippen LogP contribution is 2.14. The van der Waals surface area contributed by atoms with E-state index in [1.54, 1.807) is 0 Å². The molecule has 1 aromatic heterocycles. The first-order valence-corrected chi connectivity index (χ1v) is 5.25. The van der Waals surface area contributed by atoms with Crippen molar-refractivity contribution < 1.29 is 19.8 Å². The van der Waals surface area contributed by atoms with Crippen LogP contribution in [0.15, 0.2) is 18.3 Å². The number of β-amino-alcohol motifs (C(OH)–C–C–N with tert-alkyl or cyclic N) is 1. The number of carbonyl (C=O) groups is 2. The van der Waals surface area contributed by atoms with Gasteiger partial charge < -0.3 is 15.1 Å². The monoisotopic (exact) mass is 236 g/mol. The number of aromatic nitrogens is 1. The van der Waals surface area contributed by atoms with Gasteiger partial charge in [0.15, 0.2) is 0 Å². The molecule has 1 amide bonds. The number of hydrogen-bond donors (Lipinski definition) is 2. The van der Waals surface area contributed by atoms with E-state index in [4.69, 9.17) is 5.11 Å². The van der Waals surface area contributed by atoms with Crippen LogP contribution in [0.2, 0.25) is 0 Å². The van der Waals surface area contributed by atoms with E-state index in [-0.39, 0.29) is 17.8 Å². The summed E-state index contributed by atoms with van der Waals surface area (Å²) in [6.45, 7) is 0.657. The van der Waals surface area contributed by atoms with Gasteiger partial charge in [-0.15, -0.1) is 0 Å². The molecule has 6 heteroatoms. The maximum atomic E-state index is 12.0. The molecule has 90 valence electrons. The van der Waals surface area contributed by atoms with Crippen molar-refractivity contribution in [1.82, 2.24) is 9.88 Å². The third-order valence-electron chi connectivity index (χ3n) is 2.69. The number of likely N-dealkylation sites (tertiary alicyclic amines) is 1. The molecule has 2 heterocycles. The first kappa shape index (κ1) is 11.5. The second-order valence-corrected chi connectivity index (χ2v) is 3.90. The van der Waals surface area contributed by atoms with Crippen molar-refractivity contribution in [3.8, 4) is 0 Å². The number of hydrogen-bond acceptors (Lipinski definition) is 4. The fourth-order valence-electron chi connectivity index (χ4n) is 1.82. The number of nitrogens with zero attached hydrogens (tertiary/aromatic N) is 2. The molecule has 1 saturated heterocycles. The molecule has 2 N–H and O–H groups in total. The molecule has 17 heavy (non-hydrogen) atoms. The summed E-state index contributed by atoms with van der Waals surface area (Å²) in [6.07, 6.45) is 1.36. The SMILES string of the molecule is O=C(O)c1cccnc1C(=O)N1CCC(O)C1. The minimum Gasteiger partial charge on any atom is -0.478 e. The van der Waals surface area contributed by atoms with Gasteiger partial charge in [-0.3, -0.25) is 9.78 Å². The number of aromatic carboxylic acids is 1. The predicted octanol–water partition coefficient (Wildman–Crippen LogP) is -0.0134. The van der Waals surface area contributed by atoms with Crippen molar-refractivity contribution in [2.24, 2.45) is 0 Å². The number of aliphatic hydroxyl groups excluding tert-OH is 1. The Morgan fingerprint density at radius 2 is 2.24 bits per heavy atom. The number of amides is 1. The molecular weight excluding hydrogens is 224 g/mol. The highest BCUT2D eigenvalue weighted by molar-refractivity contribution is 6.03. The molecule has 0 radical (unpaired) electrons. The molecule has 1 fully saturated rings. The van der Waals surface area contributed by atoms with Crippen LogP contribution < -0.4 is 0 Å². The molecule has 1 atom stereocenters. The lowest BCUT2D eigenvalue weighted by atomic mass is 10.2. The van der Waals surface area contributed by atoms with Crippen molar-refractivity contribution >= 4 is 11.9 Å². The fourth-order valence-corrected chi connectivity index (χ4v) is 1.82. The molecule has 0 aromatic carbocycles. The lowest BCUT2D eigenvalue weighted by Crippen LogP contribution is -2.31. The zero-order valence-electron chi connectivity index (χ0n) is 9.04. The standard InChI is InChI=1S/C11H12N2O4/c14-7-3-5-13(6-7)10(15)9-8(11(16)17)2-1-4-12-9/h1-2,4,7,14H,3,5-6H2,(H,16,17). The summed E-state index contributed by atoms with van der Waals surface area (Å²) in [5.74, 6) is -1.62. The van der Waals surface area contributed by atoms with Gasteiger partial charge in [0.05, 0.1) is 11.7 Å². The highest BCUT2D eigenvalue weighted by atomic mass is 16.4. The Labute approximate surface area is 97.5 Å². The average molecular weight is 236 g/mol. The molecule has 1 aromatic rings. The Hall–Kier alpha value is -1.95. The largest absolute Gasteiger partial charge is 0.478 e. The molecule has 2 rings (SSSR count). The number of pyridine rings is 1. The van der Waals surface area contributed by atoms with Crippen molar-refractivity contribution in [3.05, 3.63) is 29.6 Å². The Kier molecular flexibility index (Phi) is 3.06. The van der Waals surface area contributed by atoms with Gasteiger partial charge in [0.2, 0.25) is 0 Å². The van der Waals surface area contributed by atoms with Gasteiger partial charge in [-0.05, 0) is 18.6 Å². The van der Waals surface area contributed by atoms with E-state index in [2.05, 4.69) is 4.98 Å². The molecule has 1 aliphatic rings. The molecule has 0 saturated carbocycles. The van der Waals surface area contributed by atoms with E-state index in [0.717, 1.165) is 0 Å². The van der Waals surface area contributed by atoms with Crippen LogP contribution in [0.4, 0.5) is 0 Å². The summed E-state index contributed by atoms with van der Waals surface area (Å²) < 4.78 is 0. The van der Waals surface area contributed by atoms with Crippen LogP contribution in [0.1, 0.15) is 27.3 Å². The number of carboxylic acid groups (broad SMARTS) is 1. The summed E-state index contributed by atoms with van der Waals surface area (Å²) in [7, 11) is 0. The zero-order valence-corrected chi connectivity index (χ0v) is 9.04. The first-order chi connectivity index (χ1) is 8.09. The average Bonchev–Trinajstić information content (AvgIpc) is 2.75. The highest BCUT2D eigenvalue weighted by Gasteiger charge is 2.28. The van der Waals surface area contributed by atoms with Crippen LogP contribution in [0.5, 0.6) is 0 Å². The van der Waals surface area contributed by atoms with E-state index in [9.17, 15) is 14.7 Å². The molecule has 1 aliphatic heterocycles. The summed E-state index contributed by atoms with van der Waals surface area (Å²) in [5.41, 5.74) is -0.187. The van der Waals surface area contributed by atoms with Crippen LogP contribution in [0, 0.1) is 0 Å². The lowest BCUT2D eigenvalue weighted by molar-refractivity contribution is 0.0675. The van der Waals surface area contributed by atoms with Crippen molar-refractivity contribution in [3.63, 3.8) is 0 Å². The third kappa shape index (κ3) is 2.26. The Morgan fingerprint density at radius 3 is 2.82 bits per heavy atom. The number of aliphatic hydroxyl groups is 1. The van der Waals surface area contributed by atoms with Crippen LogP contribution in [0.25, 0.3) is 0 Å². The maximum absolute atomic E-state index is 12.0. The predicted molar refractivity (Wildman–Crippen MR) is 57.7 cm³/mol. The summed E-state index contributed by atoms with van der Waals surface area (Å²) >= 11 is 0. The second-order valence-electron chi connectivity index (χ2n) is 3.90. The van der Waals surface area contributed by atoms with Crippen molar-refractivity contribution in [2.45, 2.75) is 12.5 Å². The van der Waals surface area contributed by atoms with E-state index < -0.39 is 18.0 Å². The summed E-state index contributed by atoms with van der Waals surface area (Å²) in [6, 6.07) is 2.81. The lowest BCUT2D eigenvalue weighted by Gasteiger charge is -2.15. The van der Waals surface area contributed by atoms with Gasteiger partial charge in [-0.25, -0.2) is 4.79 Å². The minimum atomic E-state index is -1.18. The third-order valence-corrected chi connectivity index (χ3v) is 2.69. The molecule has 0 aliphatic carbocycles. The van der Waals surface area contributed by atoms with Gasteiger partial charge >= 0.3 is 5.97 Å². The maximum Gasteiger partial charge on any atom is 0.338 e. The van der Waals surface area contributed by atoms with E-state index in [1.165, 1.54) is 23.2 Å². The molecule has 0 bridgehead atoms. The van der Waals surface area contributed by atoms with Crippen LogP contribution >= 0.6 is 0 Å². The molecule has 6 nitrogen and oxygen atoms in total. The molecule has 0 spiro atoms. The van der Waals surface area contributed by atoms with Gasteiger partial charge in [0, 0.05) is 19.3 Å².